The summed E-state index contributed by atoms with van der Waals surface area (Å²) in [5.74, 6) is -5.47. The van der Waals surface area contributed by atoms with Crippen molar-refractivity contribution in [3.63, 3.8) is 0 Å². The maximum Gasteiger partial charge on any atom is 0.254 e. The molecule has 0 aliphatic rings. The van der Waals surface area contributed by atoms with Crippen molar-refractivity contribution in [1.82, 2.24) is 5.32 Å². The fraction of sp³-hybridized carbons (Fsp3) is 0.462. The van der Waals surface area contributed by atoms with Crippen molar-refractivity contribution in [3.05, 3.63) is 35.1 Å². The molecule has 0 heterocycles. The van der Waals surface area contributed by atoms with Crippen molar-refractivity contribution in [2.45, 2.75) is 32.3 Å². The van der Waals surface area contributed by atoms with Crippen LogP contribution in [0, 0.1) is 17.5 Å². The zero-order valence-electron chi connectivity index (χ0n) is 10.8. The summed E-state index contributed by atoms with van der Waals surface area (Å²) in [5, 5.41) is 12.1. The van der Waals surface area contributed by atoms with Gasteiger partial charge < -0.3 is 10.4 Å². The van der Waals surface area contributed by atoms with E-state index >= 15 is 0 Å². The number of aliphatic hydroxyl groups is 1. The van der Waals surface area contributed by atoms with Gasteiger partial charge in [0, 0.05) is 6.54 Å². The topological polar surface area (TPSA) is 49.3 Å². The summed E-state index contributed by atoms with van der Waals surface area (Å²) in [6.45, 7) is 3.29. The molecule has 0 saturated carbocycles. The molecule has 106 valence electrons. The first kappa shape index (κ1) is 15.5. The average Bonchev–Trinajstić information content (AvgIpc) is 2.33. The molecule has 0 fully saturated rings. The van der Waals surface area contributed by atoms with Gasteiger partial charge in [0.15, 0.2) is 17.5 Å². The number of hydrogen-bond donors (Lipinski definition) is 2. The summed E-state index contributed by atoms with van der Waals surface area (Å²) < 4.78 is 39.0. The minimum absolute atomic E-state index is 0.0991. The van der Waals surface area contributed by atoms with Gasteiger partial charge in [0.1, 0.15) is 0 Å². The van der Waals surface area contributed by atoms with Crippen LogP contribution in [-0.2, 0) is 0 Å². The number of halogens is 3. The minimum atomic E-state index is -1.69. The SMILES string of the molecule is CCCC(C)(O)CNC(=O)c1ccc(F)c(F)c1F. The normalized spacial score (nSPS) is 14.0. The van der Waals surface area contributed by atoms with E-state index in [0.29, 0.717) is 18.9 Å². The van der Waals surface area contributed by atoms with E-state index in [-0.39, 0.29) is 6.54 Å². The molecule has 1 rings (SSSR count). The second-order valence-corrected chi connectivity index (χ2v) is 4.65. The third kappa shape index (κ3) is 3.96. The molecule has 0 aliphatic heterocycles. The number of carbonyl (C=O) groups excluding carboxylic acids is 1. The molecule has 19 heavy (non-hydrogen) atoms. The van der Waals surface area contributed by atoms with E-state index in [1.54, 1.807) is 0 Å². The van der Waals surface area contributed by atoms with Crippen LogP contribution >= 0.6 is 0 Å². The Hall–Kier alpha value is -1.56. The molecule has 1 amide bonds. The largest absolute Gasteiger partial charge is 0.388 e. The van der Waals surface area contributed by atoms with Gasteiger partial charge in [0.05, 0.1) is 11.2 Å². The van der Waals surface area contributed by atoms with Gasteiger partial charge in [-0.2, -0.15) is 0 Å². The lowest BCUT2D eigenvalue weighted by Gasteiger charge is -2.22. The smallest absolute Gasteiger partial charge is 0.254 e. The highest BCUT2D eigenvalue weighted by Gasteiger charge is 2.23. The van der Waals surface area contributed by atoms with E-state index in [1.807, 2.05) is 6.92 Å². The maximum absolute atomic E-state index is 13.3. The van der Waals surface area contributed by atoms with Crippen LogP contribution in [0.2, 0.25) is 0 Å². The molecule has 0 aliphatic carbocycles. The zero-order chi connectivity index (χ0) is 14.6. The molecule has 1 atom stereocenters. The van der Waals surface area contributed by atoms with E-state index in [9.17, 15) is 23.1 Å². The molecule has 0 radical (unpaired) electrons. The van der Waals surface area contributed by atoms with E-state index in [0.717, 1.165) is 6.07 Å². The van der Waals surface area contributed by atoms with Gasteiger partial charge in [-0.1, -0.05) is 13.3 Å². The van der Waals surface area contributed by atoms with Gasteiger partial charge in [0.25, 0.3) is 5.91 Å². The standard InChI is InChI=1S/C13H16F3NO2/c1-3-6-13(2,19)7-17-12(18)8-4-5-9(14)11(16)10(8)15/h4-5,19H,3,6-7H2,1-2H3,(H,17,18). The summed E-state index contributed by atoms with van der Waals surface area (Å²) in [6, 6.07) is 1.54. The zero-order valence-corrected chi connectivity index (χ0v) is 10.8. The van der Waals surface area contributed by atoms with Gasteiger partial charge in [-0.3, -0.25) is 4.79 Å². The van der Waals surface area contributed by atoms with Crippen molar-refractivity contribution in [1.29, 1.82) is 0 Å². The summed E-state index contributed by atoms with van der Waals surface area (Å²) in [5.41, 5.74) is -1.72. The molecule has 3 nitrogen and oxygen atoms in total. The Kier molecular flexibility index (Phi) is 4.94. The van der Waals surface area contributed by atoms with Crippen LogP contribution in [0.15, 0.2) is 12.1 Å². The van der Waals surface area contributed by atoms with E-state index in [1.165, 1.54) is 6.92 Å². The first-order valence-electron chi connectivity index (χ1n) is 5.92. The third-order valence-corrected chi connectivity index (χ3v) is 2.70. The van der Waals surface area contributed by atoms with E-state index < -0.39 is 34.5 Å². The highest BCUT2D eigenvalue weighted by Crippen LogP contribution is 2.16. The van der Waals surface area contributed by atoms with Gasteiger partial charge in [-0.05, 0) is 25.5 Å². The molecule has 1 aromatic rings. The van der Waals surface area contributed by atoms with Gasteiger partial charge in [-0.25, -0.2) is 13.2 Å². The molecule has 0 spiro atoms. The van der Waals surface area contributed by atoms with Gasteiger partial charge >= 0.3 is 0 Å². The Morgan fingerprint density at radius 1 is 1.32 bits per heavy atom. The summed E-state index contributed by atoms with van der Waals surface area (Å²) in [4.78, 5) is 11.6. The number of carbonyl (C=O) groups is 1. The molecular weight excluding hydrogens is 259 g/mol. The lowest BCUT2D eigenvalue weighted by atomic mass is 10.0. The first-order valence-corrected chi connectivity index (χ1v) is 5.92. The van der Waals surface area contributed by atoms with Crippen LogP contribution < -0.4 is 5.32 Å². The summed E-state index contributed by atoms with van der Waals surface area (Å²) in [6.07, 6.45) is 1.16. The minimum Gasteiger partial charge on any atom is -0.388 e. The Bertz CT molecular complexity index is 475. The third-order valence-electron chi connectivity index (χ3n) is 2.70. The average molecular weight is 275 g/mol. The van der Waals surface area contributed by atoms with E-state index in [2.05, 4.69) is 5.32 Å². The molecule has 0 aromatic heterocycles. The van der Waals surface area contributed by atoms with Gasteiger partial charge in [-0.15, -0.1) is 0 Å². The number of amides is 1. The number of nitrogens with one attached hydrogen (secondary N) is 1. The van der Waals surface area contributed by atoms with Crippen molar-refractivity contribution in [3.8, 4) is 0 Å². The van der Waals surface area contributed by atoms with E-state index in [4.69, 9.17) is 0 Å². The fourth-order valence-corrected chi connectivity index (χ4v) is 1.69. The predicted molar refractivity (Wildman–Crippen MR) is 64.2 cm³/mol. The molecule has 1 aromatic carbocycles. The second kappa shape index (κ2) is 6.06. The molecule has 1 unspecified atom stereocenters. The Balaban J connectivity index is 2.77. The molecule has 6 heteroatoms. The Morgan fingerprint density at radius 3 is 2.53 bits per heavy atom. The van der Waals surface area contributed by atoms with Crippen LogP contribution in [0.25, 0.3) is 0 Å². The van der Waals surface area contributed by atoms with Crippen LogP contribution in [0.3, 0.4) is 0 Å². The number of hydrogen-bond acceptors (Lipinski definition) is 2. The highest BCUT2D eigenvalue weighted by atomic mass is 19.2. The Morgan fingerprint density at radius 2 is 1.95 bits per heavy atom. The second-order valence-electron chi connectivity index (χ2n) is 4.65. The first-order chi connectivity index (χ1) is 8.78. The predicted octanol–water partition coefficient (Wildman–Crippen LogP) is 2.38. The van der Waals surface area contributed by atoms with Crippen LogP contribution in [0.4, 0.5) is 13.2 Å². The van der Waals surface area contributed by atoms with Crippen LogP contribution in [0.1, 0.15) is 37.0 Å². The van der Waals surface area contributed by atoms with Gasteiger partial charge in [0.2, 0.25) is 0 Å². The van der Waals surface area contributed by atoms with Crippen LogP contribution in [-0.4, -0.2) is 23.2 Å². The highest BCUT2D eigenvalue weighted by molar-refractivity contribution is 5.94. The number of benzene rings is 1. The molecule has 2 N–H and O–H groups in total. The fourth-order valence-electron chi connectivity index (χ4n) is 1.69. The maximum atomic E-state index is 13.3. The lowest BCUT2D eigenvalue weighted by molar-refractivity contribution is 0.0468. The van der Waals surface area contributed by atoms with Crippen molar-refractivity contribution in [2.75, 3.05) is 6.54 Å². The van der Waals surface area contributed by atoms with Crippen molar-refractivity contribution < 1.29 is 23.1 Å². The Labute approximate surface area is 109 Å². The van der Waals surface area contributed by atoms with Crippen molar-refractivity contribution >= 4 is 5.91 Å². The lowest BCUT2D eigenvalue weighted by Crippen LogP contribution is -2.40. The monoisotopic (exact) mass is 275 g/mol. The van der Waals surface area contributed by atoms with Crippen LogP contribution in [0.5, 0.6) is 0 Å². The molecule has 0 saturated heterocycles. The molecule has 0 bridgehead atoms. The summed E-state index contributed by atoms with van der Waals surface area (Å²) >= 11 is 0. The molecular formula is C13H16F3NO2. The number of rotatable bonds is 5. The van der Waals surface area contributed by atoms with Crippen molar-refractivity contribution in [2.24, 2.45) is 0 Å². The quantitative estimate of drug-likeness (QED) is 0.811. The summed E-state index contributed by atoms with van der Waals surface area (Å²) in [7, 11) is 0.